The van der Waals surface area contributed by atoms with Crippen LogP contribution < -0.4 is 15.8 Å². The summed E-state index contributed by atoms with van der Waals surface area (Å²) < 4.78 is 28.5. The number of sulfonamides is 1. The number of hydrogen-bond donors (Lipinski definition) is 3. The lowest BCUT2D eigenvalue weighted by molar-refractivity contribution is 0.600. The Morgan fingerprint density at radius 2 is 1.56 bits per heavy atom. The van der Waals surface area contributed by atoms with Crippen LogP contribution in [0.1, 0.15) is 35.4 Å². The number of H-pyrrole nitrogens is 2. The second kappa shape index (κ2) is 6.09. The van der Waals surface area contributed by atoms with Gasteiger partial charge in [0, 0.05) is 0 Å². The Kier molecular flexibility index (Phi) is 3.96. The van der Waals surface area contributed by atoms with E-state index in [-0.39, 0.29) is 10.4 Å². The normalized spacial score (nSPS) is 14.4. The molecule has 3 N–H and O–H groups in total. The van der Waals surface area contributed by atoms with Crippen molar-refractivity contribution >= 4 is 26.7 Å². The molecule has 0 spiro atoms. The SMILES string of the molecule is Cc1cc(C2CC2)ccc1NS(=O)(=O)c1cc2[nH]c(=O)c(=O)[nH]c2cc1C. The molecule has 3 aromatic rings. The third-order valence-corrected chi connectivity index (χ3v) is 6.36. The number of rotatable bonds is 4. The molecular formula is C19H19N3O4S. The summed E-state index contributed by atoms with van der Waals surface area (Å²) in [6.07, 6.45) is 2.36. The standard InChI is InChI=1S/C19H19N3O4S/c1-10-7-13(12-3-4-12)5-6-14(10)22-27(25,26)17-9-16-15(8-11(17)2)20-18(23)19(24)21-16/h5-9,12,22H,3-4H2,1-2H3,(H,20,23)(H,21,24). The second-order valence-corrected chi connectivity index (χ2v) is 8.68. The lowest BCUT2D eigenvalue weighted by Gasteiger charge is -2.14. The molecule has 0 atom stereocenters. The van der Waals surface area contributed by atoms with E-state index >= 15 is 0 Å². The largest absolute Gasteiger partial charge is 0.316 e. The molecule has 4 rings (SSSR count). The summed E-state index contributed by atoms with van der Waals surface area (Å²) in [4.78, 5) is 27.9. The first-order valence-corrected chi connectivity index (χ1v) is 10.1. The Bertz CT molecular complexity index is 1280. The van der Waals surface area contributed by atoms with Crippen LogP contribution in [0.15, 0.2) is 44.8 Å². The van der Waals surface area contributed by atoms with Crippen molar-refractivity contribution in [3.8, 4) is 0 Å². The van der Waals surface area contributed by atoms with Crippen LogP contribution in [-0.4, -0.2) is 18.4 Å². The van der Waals surface area contributed by atoms with Crippen LogP contribution in [0.5, 0.6) is 0 Å². The minimum atomic E-state index is -3.86. The number of nitrogens with one attached hydrogen (secondary N) is 3. The third kappa shape index (κ3) is 3.28. The summed E-state index contributed by atoms with van der Waals surface area (Å²) in [5.41, 5.74) is 2.11. The number of aromatic amines is 2. The van der Waals surface area contributed by atoms with Crippen molar-refractivity contribution in [2.75, 3.05) is 4.72 Å². The summed E-state index contributed by atoms with van der Waals surface area (Å²) in [7, 11) is -3.86. The number of fused-ring (bicyclic) bond motifs is 1. The van der Waals surface area contributed by atoms with Crippen molar-refractivity contribution < 1.29 is 8.42 Å². The molecule has 2 aromatic carbocycles. The fraction of sp³-hybridized carbons (Fsp3) is 0.263. The highest BCUT2D eigenvalue weighted by Gasteiger charge is 2.24. The Labute approximate surface area is 155 Å². The molecule has 1 aromatic heterocycles. The minimum Gasteiger partial charge on any atom is -0.316 e. The zero-order valence-corrected chi connectivity index (χ0v) is 15.7. The first-order valence-electron chi connectivity index (χ1n) is 8.65. The van der Waals surface area contributed by atoms with Crippen LogP contribution in [-0.2, 0) is 10.0 Å². The van der Waals surface area contributed by atoms with Gasteiger partial charge in [-0.05, 0) is 67.5 Å². The van der Waals surface area contributed by atoms with Crippen molar-refractivity contribution in [3.05, 3.63) is 67.7 Å². The lowest BCUT2D eigenvalue weighted by Crippen LogP contribution is -2.29. The van der Waals surface area contributed by atoms with Gasteiger partial charge in [0.05, 0.1) is 21.6 Å². The van der Waals surface area contributed by atoms with Gasteiger partial charge in [0.15, 0.2) is 0 Å². The van der Waals surface area contributed by atoms with E-state index in [1.54, 1.807) is 13.0 Å². The predicted octanol–water partition coefficient (Wildman–Crippen LogP) is 2.51. The van der Waals surface area contributed by atoms with Crippen LogP contribution in [0.2, 0.25) is 0 Å². The molecule has 1 heterocycles. The third-order valence-electron chi connectivity index (χ3n) is 4.85. The first-order chi connectivity index (χ1) is 12.7. The van der Waals surface area contributed by atoms with Gasteiger partial charge in [-0.1, -0.05) is 12.1 Å². The maximum Gasteiger partial charge on any atom is 0.314 e. The topological polar surface area (TPSA) is 112 Å². The van der Waals surface area contributed by atoms with Gasteiger partial charge in [0.25, 0.3) is 10.0 Å². The molecule has 1 aliphatic carbocycles. The molecule has 8 heteroatoms. The van der Waals surface area contributed by atoms with Gasteiger partial charge in [0.1, 0.15) is 0 Å². The fourth-order valence-electron chi connectivity index (χ4n) is 3.21. The Morgan fingerprint density at radius 3 is 2.15 bits per heavy atom. The molecule has 0 amide bonds. The van der Waals surface area contributed by atoms with E-state index in [1.165, 1.54) is 30.5 Å². The van der Waals surface area contributed by atoms with Crippen LogP contribution in [0.3, 0.4) is 0 Å². The highest BCUT2D eigenvalue weighted by atomic mass is 32.2. The van der Waals surface area contributed by atoms with Gasteiger partial charge in [-0.3, -0.25) is 14.3 Å². The van der Waals surface area contributed by atoms with Crippen LogP contribution in [0, 0.1) is 13.8 Å². The van der Waals surface area contributed by atoms with E-state index < -0.39 is 21.1 Å². The summed E-state index contributed by atoms with van der Waals surface area (Å²) in [6.45, 7) is 3.51. The Balaban J connectivity index is 1.75. The average molecular weight is 385 g/mol. The van der Waals surface area contributed by atoms with E-state index in [1.807, 2.05) is 19.1 Å². The smallest absolute Gasteiger partial charge is 0.314 e. The summed E-state index contributed by atoms with van der Waals surface area (Å²) >= 11 is 0. The quantitative estimate of drug-likeness (QED) is 0.599. The van der Waals surface area contributed by atoms with Gasteiger partial charge in [0.2, 0.25) is 0 Å². The molecule has 7 nitrogen and oxygen atoms in total. The zero-order chi connectivity index (χ0) is 19.3. The van der Waals surface area contributed by atoms with E-state index in [0.29, 0.717) is 22.7 Å². The highest BCUT2D eigenvalue weighted by Crippen LogP contribution is 2.41. The van der Waals surface area contributed by atoms with E-state index in [2.05, 4.69) is 14.7 Å². The first kappa shape index (κ1) is 17.5. The van der Waals surface area contributed by atoms with Crippen LogP contribution in [0.4, 0.5) is 5.69 Å². The van der Waals surface area contributed by atoms with Gasteiger partial charge in [-0.2, -0.15) is 0 Å². The number of aryl methyl sites for hydroxylation is 2. The van der Waals surface area contributed by atoms with Gasteiger partial charge in [-0.15, -0.1) is 0 Å². The zero-order valence-electron chi connectivity index (χ0n) is 14.9. The molecule has 0 aliphatic heterocycles. The van der Waals surface area contributed by atoms with Gasteiger partial charge in [-0.25, -0.2) is 8.42 Å². The highest BCUT2D eigenvalue weighted by molar-refractivity contribution is 7.92. The fourth-order valence-corrected chi connectivity index (χ4v) is 4.60. The Morgan fingerprint density at radius 1 is 0.926 bits per heavy atom. The molecule has 0 radical (unpaired) electrons. The predicted molar refractivity (Wildman–Crippen MR) is 104 cm³/mol. The molecule has 0 saturated heterocycles. The number of aromatic nitrogens is 2. The number of anilines is 1. The number of hydrogen-bond acceptors (Lipinski definition) is 4. The second-order valence-electron chi connectivity index (χ2n) is 7.03. The Hall–Kier alpha value is -2.87. The molecule has 27 heavy (non-hydrogen) atoms. The molecule has 1 saturated carbocycles. The van der Waals surface area contributed by atoms with E-state index in [0.717, 1.165) is 5.56 Å². The van der Waals surface area contributed by atoms with Crippen molar-refractivity contribution in [3.63, 3.8) is 0 Å². The maximum atomic E-state index is 12.9. The molecular weight excluding hydrogens is 366 g/mol. The van der Waals surface area contributed by atoms with Crippen molar-refractivity contribution in [1.82, 2.24) is 9.97 Å². The molecule has 140 valence electrons. The number of benzene rings is 2. The molecule has 0 unspecified atom stereocenters. The molecule has 0 bridgehead atoms. The van der Waals surface area contributed by atoms with Crippen LogP contribution >= 0.6 is 0 Å². The molecule has 1 fully saturated rings. The van der Waals surface area contributed by atoms with Crippen LogP contribution in [0.25, 0.3) is 11.0 Å². The van der Waals surface area contributed by atoms with Crippen molar-refractivity contribution in [2.45, 2.75) is 37.5 Å². The molecule has 1 aliphatic rings. The average Bonchev–Trinajstić information content (AvgIpc) is 3.42. The van der Waals surface area contributed by atoms with E-state index in [9.17, 15) is 18.0 Å². The lowest BCUT2D eigenvalue weighted by atomic mass is 10.1. The van der Waals surface area contributed by atoms with E-state index in [4.69, 9.17) is 0 Å². The minimum absolute atomic E-state index is 0.0448. The van der Waals surface area contributed by atoms with Crippen molar-refractivity contribution in [2.24, 2.45) is 0 Å². The van der Waals surface area contributed by atoms with Gasteiger partial charge >= 0.3 is 11.1 Å². The summed E-state index contributed by atoms with van der Waals surface area (Å²) in [5.74, 6) is 0.594. The monoisotopic (exact) mass is 385 g/mol. The van der Waals surface area contributed by atoms with Gasteiger partial charge < -0.3 is 9.97 Å². The maximum absolute atomic E-state index is 12.9. The summed E-state index contributed by atoms with van der Waals surface area (Å²) in [5, 5.41) is 0. The summed E-state index contributed by atoms with van der Waals surface area (Å²) in [6, 6.07) is 8.65. The van der Waals surface area contributed by atoms with Crippen molar-refractivity contribution in [1.29, 1.82) is 0 Å².